The molecule has 1 N–H and O–H groups in total. The molecular formula is C15H13BrCl2O2. The predicted octanol–water partition coefficient (Wildman–Crippen LogP) is 5.04. The average molecular weight is 376 g/mol. The number of benzene rings is 2. The Morgan fingerprint density at radius 3 is 2.50 bits per heavy atom. The van der Waals surface area contributed by atoms with Crippen molar-refractivity contribution in [1.29, 1.82) is 0 Å². The lowest BCUT2D eigenvalue weighted by Gasteiger charge is -2.14. The second-order valence-electron chi connectivity index (χ2n) is 4.35. The third kappa shape index (κ3) is 3.67. The first-order chi connectivity index (χ1) is 9.51. The van der Waals surface area contributed by atoms with Crippen LogP contribution in [0.15, 0.2) is 40.9 Å². The van der Waals surface area contributed by atoms with Crippen molar-refractivity contribution < 1.29 is 9.84 Å². The zero-order valence-electron chi connectivity index (χ0n) is 10.7. The minimum Gasteiger partial charge on any atom is -0.495 e. The van der Waals surface area contributed by atoms with Crippen molar-refractivity contribution in [2.75, 3.05) is 7.11 Å². The van der Waals surface area contributed by atoms with Gasteiger partial charge in [0.25, 0.3) is 0 Å². The first kappa shape index (κ1) is 15.6. The van der Waals surface area contributed by atoms with Gasteiger partial charge < -0.3 is 9.84 Å². The van der Waals surface area contributed by atoms with E-state index >= 15 is 0 Å². The topological polar surface area (TPSA) is 29.5 Å². The first-order valence-corrected chi connectivity index (χ1v) is 7.51. The van der Waals surface area contributed by atoms with Crippen LogP contribution in [-0.2, 0) is 6.42 Å². The fraction of sp³-hybridized carbons (Fsp3) is 0.200. The molecule has 0 saturated carbocycles. The summed E-state index contributed by atoms with van der Waals surface area (Å²) in [7, 11) is 1.55. The number of aliphatic hydroxyl groups excluding tert-OH is 1. The maximum absolute atomic E-state index is 10.3. The lowest BCUT2D eigenvalue weighted by molar-refractivity contribution is 0.178. The van der Waals surface area contributed by atoms with E-state index in [-0.39, 0.29) is 0 Å². The molecular weight excluding hydrogens is 363 g/mol. The largest absolute Gasteiger partial charge is 0.495 e. The maximum Gasteiger partial charge on any atom is 0.137 e. The fourth-order valence-corrected chi connectivity index (χ4v) is 2.92. The molecule has 0 aliphatic rings. The van der Waals surface area contributed by atoms with Crippen LogP contribution in [0.5, 0.6) is 5.75 Å². The highest BCUT2D eigenvalue weighted by Crippen LogP contribution is 2.30. The minimum atomic E-state index is -0.669. The highest BCUT2D eigenvalue weighted by atomic mass is 79.9. The molecule has 2 aromatic carbocycles. The Morgan fingerprint density at radius 1 is 1.15 bits per heavy atom. The minimum absolute atomic E-state index is 0.425. The third-order valence-corrected chi connectivity index (χ3v) is 4.13. The monoisotopic (exact) mass is 374 g/mol. The molecule has 5 heteroatoms. The number of aliphatic hydroxyl groups is 1. The molecule has 0 bridgehead atoms. The molecule has 0 radical (unpaired) electrons. The van der Waals surface area contributed by atoms with Crippen LogP contribution in [0, 0.1) is 0 Å². The maximum atomic E-state index is 10.3. The van der Waals surface area contributed by atoms with Crippen molar-refractivity contribution in [3.63, 3.8) is 0 Å². The van der Waals surface area contributed by atoms with Crippen molar-refractivity contribution in [2.24, 2.45) is 0 Å². The van der Waals surface area contributed by atoms with Gasteiger partial charge in [-0.15, -0.1) is 0 Å². The standard InChI is InChI=1S/C15H13BrCl2O2/c1-20-15-5-3-10(6-13(15)18)14(19)7-9-2-4-11(16)8-12(9)17/h2-6,8,14,19H,7H2,1H3. The van der Waals surface area contributed by atoms with Crippen molar-refractivity contribution in [2.45, 2.75) is 12.5 Å². The normalized spacial score (nSPS) is 12.2. The zero-order chi connectivity index (χ0) is 14.7. The van der Waals surface area contributed by atoms with Crippen molar-refractivity contribution in [1.82, 2.24) is 0 Å². The Labute approximate surface area is 136 Å². The SMILES string of the molecule is COc1ccc(C(O)Cc2ccc(Br)cc2Cl)cc1Cl. The predicted molar refractivity (Wildman–Crippen MR) is 85.8 cm³/mol. The highest BCUT2D eigenvalue weighted by Gasteiger charge is 2.13. The van der Waals surface area contributed by atoms with Crippen molar-refractivity contribution in [3.8, 4) is 5.75 Å². The highest BCUT2D eigenvalue weighted by molar-refractivity contribution is 9.10. The molecule has 106 valence electrons. The molecule has 0 amide bonds. The van der Waals surface area contributed by atoms with Gasteiger partial charge in [0.1, 0.15) is 5.75 Å². The van der Waals surface area contributed by atoms with Gasteiger partial charge in [-0.3, -0.25) is 0 Å². The van der Waals surface area contributed by atoms with Gasteiger partial charge in [0.15, 0.2) is 0 Å². The molecule has 0 aliphatic heterocycles. The Kier molecular flexibility index (Phi) is 5.33. The van der Waals surface area contributed by atoms with E-state index in [1.807, 2.05) is 18.2 Å². The van der Waals surface area contributed by atoms with Crippen molar-refractivity contribution >= 4 is 39.1 Å². The smallest absolute Gasteiger partial charge is 0.137 e. The van der Waals surface area contributed by atoms with Crippen LogP contribution in [0.25, 0.3) is 0 Å². The summed E-state index contributed by atoms with van der Waals surface area (Å²) < 4.78 is 6.00. The second kappa shape index (κ2) is 6.81. The van der Waals surface area contributed by atoms with E-state index < -0.39 is 6.10 Å². The number of methoxy groups -OCH3 is 1. The van der Waals surface area contributed by atoms with E-state index in [0.29, 0.717) is 22.2 Å². The van der Waals surface area contributed by atoms with Gasteiger partial charge in [-0.2, -0.15) is 0 Å². The molecule has 20 heavy (non-hydrogen) atoms. The lowest BCUT2D eigenvalue weighted by Crippen LogP contribution is -2.02. The van der Waals surface area contributed by atoms with Gasteiger partial charge in [0.2, 0.25) is 0 Å². The van der Waals surface area contributed by atoms with Gasteiger partial charge in [-0.25, -0.2) is 0 Å². The third-order valence-electron chi connectivity index (χ3n) is 2.99. The molecule has 0 heterocycles. The quantitative estimate of drug-likeness (QED) is 0.810. The Bertz CT molecular complexity index is 617. The number of hydrogen-bond acceptors (Lipinski definition) is 2. The van der Waals surface area contributed by atoms with Crippen molar-refractivity contribution in [3.05, 3.63) is 62.0 Å². The van der Waals surface area contributed by atoms with Crippen LogP contribution in [0.2, 0.25) is 10.0 Å². The molecule has 0 saturated heterocycles. The second-order valence-corrected chi connectivity index (χ2v) is 6.08. The molecule has 1 atom stereocenters. The van der Waals surface area contributed by atoms with E-state index in [9.17, 15) is 5.11 Å². The summed E-state index contributed by atoms with van der Waals surface area (Å²) in [6, 6.07) is 10.8. The molecule has 1 unspecified atom stereocenters. The van der Waals surface area contributed by atoms with Gasteiger partial charge in [0.05, 0.1) is 18.2 Å². The average Bonchev–Trinajstić information content (AvgIpc) is 2.41. The number of halogens is 3. The summed E-state index contributed by atoms with van der Waals surface area (Å²) in [6.07, 6.45) is -0.244. The molecule has 2 aromatic rings. The van der Waals surface area contributed by atoms with Gasteiger partial charge in [-0.1, -0.05) is 51.3 Å². The summed E-state index contributed by atoms with van der Waals surface area (Å²) >= 11 is 15.6. The van der Waals surface area contributed by atoms with E-state index in [1.165, 1.54) is 0 Å². The van der Waals surface area contributed by atoms with Crippen LogP contribution in [0.3, 0.4) is 0 Å². The summed E-state index contributed by atoms with van der Waals surface area (Å²) in [5.74, 6) is 0.587. The summed E-state index contributed by atoms with van der Waals surface area (Å²) in [5, 5.41) is 11.4. The lowest BCUT2D eigenvalue weighted by atomic mass is 10.0. The summed E-state index contributed by atoms with van der Waals surface area (Å²) in [4.78, 5) is 0. The van der Waals surface area contributed by atoms with Crippen LogP contribution in [-0.4, -0.2) is 12.2 Å². The number of hydrogen-bond donors (Lipinski definition) is 1. The van der Waals surface area contributed by atoms with Crippen LogP contribution in [0.4, 0.5) is 0 Å². The molecule has 0 fully saturated rings. The van der Waals surface area contributed by atoms with E-state index in [2.05, 4.69) is 15.9 Å². The molecule has 0 spiro atoms. The fourth-order valence-electron chi connectivity index (χ4n) is 1.90. The Morgan fingerprint density at radius 2 is 1.90 bits per heavy atom. The van der Waals surface area contributed by atoms with Gasteiger partial charge >= 0.3 is 0 Å². The summed E-state index contributed by atoms with van der Waals surface area (Å²) in [6.45, 7) is 0. The van der Waals surface area contributed by atoms with E-state index in [4.69, 9.17) is 27.9 Å². The van der Waals surface area contributed by atoms with Crippen LogP contribution in [0.1, 0.15) is 17.2 Å². The van der Waals surface area contributed by atoms with E-state index in [1.54, 1.807) is 25.3 Å². The number of rotatable bonds is 4. The van der Waals surface area contributed by atoms with Crippen LogP contribution < -0.4 is 4.74 Å². The molecule has 2 nitrogen and oxygen atoms in total. The number of ether oxygens (including phenoxy) is 1. The zero-order valence-corrected chi connectivity index (χ0v) is 13.8. The Balaban J connectivity index is 2.19. The molecule has 2 rings (SSSR count). The molecule has 0 aromatic heterocycles. The summed E-state index contributed by atoms with van der Waals surface area (Å²) in [5.41, 5.74) is 1.61. The van der Waals surface area contributed by atoms with Gasteiger partial charge in [-0.05, 0) is 35.4 Å². The van der Waals surface area contributed by atoms with Crippen LogP contribution >= 0.6 is 39.1 Å². The Hall–Kier alpha value is -0.740. The van der Waals surface area contributed by atoms with E-state index in [0.717, 1.165) is 15.6 Å². The van der Waals surface area contributed by atoms with Gasteiger partial charge in [0, 0.05) is 15.9 Å². The first-order valence-electron chi connectivity index (χ1n) is 5.96. The molecule has 0 aliphatic carbocycles.